The van der Waals surface area contributed by atoms with Crippen LogP contribution in [0, 0.1) is 0 Å². The number of hydrogen-bond donors (Lipinski definition) is 3. The molecule has 0 aliphatic heterocycles. The summed E-state index contributed by atoms with van der Waals surface area (Å²) in [5.74, 6) is -0.429. The number of amides is 2. The number of rotatable bonds is 11. The Morgan fingerprint density at radius 3 is 2.37 bits per heavy atom. The summed E-state index contributed by atoms with van der Waals surface area (Å²) in [6, 6.07) is 11.1. The van der Waals surface area contributed by atoms with Crippen LogP contribution in [0.4, 0.5) is 0 Å². The van der Waals surface area contributed by atoms with Crippen molar-refractivity contribution in [2.24, 2.45) is 0 Å². The van der Waals surface area contributed by atoms with Crippen molar-refractivity contribution in [2.75, 3.05) is 19.8 Å². The third-order valence-corrected chi connectivity index (χ3v) is 4.90. The molecule has 0 heterocycles. The minimum absolute atomic E-state index is 0.0695. The fourth-order valence-electron chi connectivity index (χ4n) is 2.50. The number of hydrogen-bond acceptors (Lipinski definition) is 7. The quantitative estimate of drug-likeness (QED) is 0.170. The SMILES string of the molecule is CCCOC(=O)c1ccc(OCC(=O)NNC(=S)NC(=O)CCCOc2ccc(Cl)cc2Cl)cc1. The van der Waals surface area contributed by atoms with Gasteiger partial charge in [-0.15, -0.1) is 0 Å². The van der Waals surface area contributed by atoms with Crippen LogP contribution in [-0.4, -0.2) is 42.7 Å². The zero-order chi connectivity index (χ0) is 25.6. The highest BCUT2D eigenvalue weighted by Crippen LogP contribution is 2.27. The van der Waals surface area contributed by atoms with E-state index in [4.69, 9.17) is 49.6 Å². The number of nitrogens with one attached hydrogen (secondary N) is 3. The Kier molecular flexibility index (Phi) is 12.1. The van der Waals surface area contributed by atoms with Crippen molar-refractivity contribution in [2.45, 2.75) is 26.2 Å². The Labute approximate surface area is 218 Å². The molecule has 0 saturated carbocycles. The van der Waals surface area contributed by atoms with Crippen LogP contribution < -0.4 is 25.6 Å². The van der Waals surface area contributed by atoms with Crippen LogP contribution >= 0.6 is 35.4 Å². The largest absolute Gasteiger partial charge is 0.492 e. The maximum Gasteiger partial charge on any atom is 0.338 e. The van der Waals surface area contributed by atoms with Crippen molar-refractivity contribution in [3.8, 4) is 11.5 Å². The Hall–Kier alpha value is -3.08. The molecule has 0 fully saturated rings. The standard InChI is InChI=1S/C23H25Cl2N3O6S/c1-2-11-33-22(31)15-5-8-17(9-6-15)34-14-21(30)27-28-23(35)26-20(29)4-3-12-32-19-10-7-16(24)13-18(19)25/h5-10,13H,2-4,11-12,14H2,1H3,(H,27,30)(H2,26,28,29,35). The van der Waals surface area contributed by atoms with Gasteiger partial charge >= 0.3 is 5.97 Å². The summed E-state index contributed by atoms with van der Waals surface area (Å²) < 4.78 is 15.9. The highest BCUT2D eigenvalue weighted by molar-refractivity contribution is 7.80. The van der Waals surface area contributed by atoms with Crippen molar-refractivity contribution in [3.63, 3.8) is 0 Å². The van der Waals surface area contributed by atoms with Crippen LogP contribution in [0.5, 0.6) is 11.5 Å². The van der Waals surface area contributed by atoms with Gasteiger partial charge in [0.15, 0.2) is 11.7 Å². The van der Waals surface area contributed by atoms with Gasteiger partial charge in [-0.05, 0) is 67.5 Å². The van der Waals surface area contributed by atoms with Crippen LogP contribution in [-0.2, 0) is 14.3 Å². The molecule has 0 spiro atoms. The minimum atomic E-state index is -0.527. The van der Waals surface area contributed by atoms with Crippen molar-refractivity contribution < 1.29 is 28.6 Å². The van der Waals surface area contributed by atoms with E-state index in [1.165, 1.54) is 0 Å². The zero-order valence-corrected chi connectivity index (χ0v) is 21.2. The van der Waals surface area contributed by atoms with Gasteiger partial charge in [-0.3, -0.25) is 20.4 Å². The van der Waals surface area contributed by atoms with Crippen molar-refractivity contribution in [1.82, 2.24) is 16.2 Å². The molecule has 0 aromatic heterocycles. The molecule has 3 N–H and O–H groups in total. The van der Waals surface area contributed by atoms with Gasteiger partial charge in [0.1, 0.15) is 11.5 Å². The summed E-state index contributed by atoms with van der Waals surface area (Å²) in [6.45, 7) is 2.21. The number of halogens is 2. The average molecular weight is 542 g/mol. The van der Waals surface area contributed by atoms with E-state index in [1.54, 1.807) is 42.5 Å². The molecule has 2 rings (SSSR count). The van der Waals surface area contributed by atoms with Gasteiger partial charge < -0.3 is 19.5 Å². The molecule has 9 nitrogen and oxygen atoms in total. The number of benzene rings is 2. The van der Waals surface area contributed by atoms with Gasteiger partial charge in [-0.2, -0.15) is 0 Å². The molecule has 0 unspecified atom stereocenters. The lowest BCUT2D eigenvalue weighted by Gasteiger charge is -2.12. The maximum atomic E-state index is 12.0. The van der Waals surface area contributed by atoms with E-state index >= 15 is 0 Å². The molecule has 12 heteroatoms. The number of ether oxygens (including phenoxy) is 3. The second-order valence-electron chi connectivity index (χ2n) is 7.03. The lowest BCUT2D eigenvalue weighted by molar-refractivity contribution is -0.124. The Balaban J connectivity index is 1.60. The molecule has 0 aliphatic carbocycles. The first-order valence-corrected chi connectivity index (χ1v) is 11.8. The molecular formula is C23H25Cl2N3O6S. The summed E-state index contributed by atoms with van der Waals surface area (Å²) in [5.41, 5.74) is 5.12. The normalized spacial score (nSPS) is 10.1. The molecule has 2 aromatic carbocycles. The van der Waals surface area contributed by atoms with Crippen LogP contribution in [0.25, 0.3) is 0 Å². The summed E-state index contributed by atoms with van der Waals surface area (Å²) in [4.78, 5) is 35.6. The Bertz CT molecular complexity index is 1040. The number of carbonyl (C=O) groups is 3. The summed E-state index contributed by atoms with van der Waals surface area (Å²) >= 11 is 16.8. The van der Waals surface area contributed by atoms with Crippen LogP contribution in [0.3, 0.4) is 0 Å². The van der Waals surface area contributed by atoms with Gasteiger partial charge in [0.05, 0.1) is 23.8 Å². The Morgan fingerprint density at radius 2 is 1.69 bits per heavy atom. The molecular weight excluding hydrogens is 517 g/mol. The molecule has 0 bridgehead atoms. The molecule has 2 aromatic rings. The summed E-state index contributed by atoms with van der Waals surface area (Å²) in [5, 5.41) is 3.26. The third kappa shape index (κ3) is 10.8. The fourth-order valence-corrected chi connectivity index (χ4v) is 3.13. The maximum absolute atomic E-state index is 12.0. The van der Waals surface area contributed by atoms with E-state index in [0.29, 0.717) is 40.1 Å². The van der Waals surface area contributed by atoms with Crippen molar-refractivity contribution in [3.05, 3.63) is 58.1 Å². The molecule has 35 heavy (non-hydrogen) atoms. The van der Waals surface area contributed by atoms with Crippen LogP contribution in [0.2, 0.25) is 10.0 Å². The smallest absolute Gasteiger partial charge is 0.338 e. The van der Waals surface area contributed by atoms with Gasteiger partial charge in [-0.25, -0.2) is 4.79 Å². The lowest BCUT2D eigenvalue weighted by atomic mass is 10.2. The van der Waals surface area contributed by atoms with Crippen LogP contribution in [0.1, 0.15) is 36.5 Å². The molecule has 0 aliphatic rings. The molecule has 0 radical (unpaired) electrons. The average Bonchev–Trinajstić information content (AvgIpc) is 2.84. The third-order valence-electron chi connectivity index (χ3n) is 4.17. The lowest BCUT2D eigenvalue weighted by Crippen LogP contribution is -2.49. The van der Waals surface area contributed by atoms with Gasteiger partial charge in [0.2, 0.25) is 5.91 Å². The van der Waals surface area contributed by atoms with Crippen LogP contribution in [0.15, 0.2) is 42.5 Å². The van der Waals surface area contributed by atoms with E-state index < -0.39 is 11.9 Å². The van der Waals surface area contributed by atoms with Gasteiger partial charge in [-0.1, -0.05) is 30.1 Å². The van der Waals surface area contributed by atoms with Gasteiger partial charge in [0, 0.05) is 11.4 Å². The van der Waals surface area contributed by atoms with Crippen molar-refractivity contribution >= 4 is 58.3 Å². The van der Waals surface area contributed by atoms with E-state index in [1.807, 2.05) is 6.92 Å². The van der Waals surface area contributed by atoms with E-state index in [9.17, 15) is 14.4 Å². The number of esters is 1. The zero-order valence-electron chi connectivity index (χ0n) is 18.9. The second-order valence-corrected chi connectivity index (χ2v) is 8.28. The topological polar surface area (TPSA) is 115 Å². The highest BCUT2D eigenvalue weighted by atomic mass is 35.5. The predicted molar refractivity (Wildman–Crippen MR) is 136 cm³/mol. The Morgan fingerprint density at radius 1 is 0.943 bits per heavy atom. The van der Waals surface area contributed by atoms with E-state index in [-0.39, 0.29) is 30.7 Å². The highest BCUT2D eigenvalue weighted by Gasteiger charge is 2.09. The summed E-state index contributed by atoms with van der Waals surface area (Å²) in [7, 11) is 0. The number of carbonyl (C=O) groups excluding carboxylic acids is 3. The second kappa shape index (κ2) is 15.0. The monoisotopic (exact) mass is 541 g/mol. The fraction of sp³-hybridized carbons (Fsp3) is 0.304. The van der Waals surface area contributed by atoms with Crippen molar-refractivity contribution in [1.29, 1.82) is 0 Å². The van der Waals surface area contributed by atoms with Gasteiger partial charge in [0.25, 0.3) is 5.91 Å². The first-order valence-electron chi connectivity index (χ1n) is 10.6. The molecule has 0 saturated heterocycles. The number of hydrazine groups is 1. The predicted octanol–water partition coefficient (Wildman–Crippen LogP) is 3.82. The molecule has 2 amide bonds. The summed E-state index contributed by atoms with van der Waals surface area (Å²) in [6.07, 6.45) is 1.30. The number of thiocarbonyl (C=S) groups is 1. The van der Waals surface area contributed by atoms with E-state index in [2.05, 4.69) is 16.2 Å². The molecule has 188 valence electrons. The molecule has 0 atom stereocenters. The first kappa shape index (κ1) is 28.2. The minimum Gasteiger partial charge on any atom is -0.492 e. The van der Waals surface area contributed by atoms with E-state index in [0.717, 1.165) is 6.42 Å². The first-order chi connectivity index (χ1) is 16.8.